The van der Waals surface area contributed by atoms with Gasteiger partial charge >= 0.3 is 0 Å². The summed E-state index contributed by atoms with van der Waals surface area (Å²) in [5.41, 5.74) is 0. The van der Waals surface area contributed by atoms with E-state index < -0.39 is 0 Å². The highest BCUT2D eigenvalue weighted by molar-refractivity contribution is 8.00. The monoisotopic (exact) mass is 394 g/mol. The molecule has 0 aliphatic rings. The van der Waals surface area contributed by atoms with Gasteiger partial charge < -0.3 is 10.2 Å². The summed E-state index contributed by atoms with van der Waals surface area (Å²) in [5.74, 6) is 1.89. The average Bonchev–Trinajstić information content (AvgIpc) is 2.57. The molecule has 0 saturated heterocycles. The van der Waals surface area contributed by atoms with E-state index in [2.05, 4.69) is 48.5 Å². The minimum absolute atomic E-state index is 0.226. The van der Waals surface area contributed by atoms with E-state index in [1.165, 1.54) is 19.6 Å². The van der Waals surface area contributed by atoms with Crippen LogP contribution in [0.3, 0.4) is 0 Å². The summed E-state index contributed by atoms with van der Waals surface area (Å²) in [4.78, 5) is 4.95. The van der Waals surface area contributed by atoms with Crippen molar-refractivity contribution in [2.45, 2.75) is 58.5 Å². The third-order valence-electron chi connectivity index (χ3n) is 3.49. The molecule has 0 heterocycles. The van der Waals surface area contributed by atoms with E-state index in [0.29, 0.717) is 0 Å². The van der Waals surface area contributed by atoms with Crippen molar-refractivity contribution in [1.29, 1.82) is 0 Å². The maximum Gasteiger partial charge on any atom is 0.0520 e. The molecule has 5 heteroatoms. The zero-order chi connectivity index (χ0) is 18.1. The van der Waals surface area contributed by atoms with Crippen molar-refractivity contribution in [3.63, 3.8) is 0 Å². The molecule has 0 aliphatic carbocycles. The SMILES string of the molecule is CC(O)CCSc1ccc(Sc2ccc(SCCC(C)O)cc2)cc1. The van der Waals surface area contributed by atoms with Crippen LogP contribution in [0.2, 0.25) is 0 Å². The average molecular weight is 395 g/mol. The normalized spacial score (nSPS) is 13.6. The highest BCUT2D eigenvalue weighted by Gasteiger charge is 2.02. The summed E-state index contributed by atoms with van der Waals surface area (Å²) in [6.45, 7) is 3.66. The van der Waals surface area contributed by atoms with Crippen LogP contribution in [0.1, 0.15) is 26.7 Å². The van der Waals surface area contributed by atoms with Crippen LogP contribution in [0.5, 0.6) is 0 Å². The predicted octanol–water partition coefficient (Wildman–Crippen LogP) is 5.56. The van der Waals surface area contributed by atoms with E-state index in [1.54, 1.807) is 35.3 Å². The molecule has 25 heavy (non-hydrogen) atoms. The van der Waals surface area contributed by atoms with Crippen LogP contribution in [0.25, 0.3) is 0 Å². The smallest absolute Gasteiger partial charge is 0.0520 e. The van der Waals surface area contributed by atoms with E-state index in [-0.39, 0.29) is 12.2 Å². The molecule has 2 aromatic rings. The first-order valence-corrected chi connectivity index (χ1v) is 11.3. The number of hydrogen-bond acceptors (Lipinski definition) is 5. The van der Waals surface area contributed by atoms with Gasteiger partial charge in [0.05, 0.1) is 12.2 Å². The number of rotatable bonds is 10. The molecule has 0 aliphatic heterocycles. The summed E-state index contributed by atoms with van der Waals surface area (Å²) in [6.07, 6.45) is 1.19. The van der Waals surface area contributed by atoms with Crippen molar-refractivity contribution in [1.82, 2.24) is 0 Å². The Labute approximate surface area is 163 Å². The number of thioether (sulfide) groups is 2. The maximum atomic E-state index is 9.30. The topological polar surface area (TPSA) is 40.5 Å². The maximum absolute atomic E-state index is 9.30. The zero-order valence-corrected chi connectivity index (χ0v) is 17.2. The molecular weight excluding hydrogens is 368 g/mol. The van der Waals surface area contributed by atoms with Gasteiger partial charge in [0.15, 0.2) is 0 Å². The van der Waals surface area contributed by atoms with Crippen LogP contribution < -0.4 is 0 Å². The molecule has 0 bridgehead atoms. The lowest BCUT2D eigenvalue weighted by Gasteiger charge is -2.07. The van der Waals surface area contributed by atoms with E-state index in [1.807, 2.05) is 13.8 Å². The van der Waals surface area contributed by atoms with Gasteiger partial charge in [-0.25, -0.2) is 0 Å². The van der Waals surface area contributed by atoms with Crippen LogP contribution in [-0.2, 0) is 0 Å². The quantitative estimate of drug-likeness (QED) is 0.516. The minimum atomic E-state index is -0.226. The summed E-state index contributed by atoms with van der Waals surface area (Å²) in [5, 5.41) is 18.6. The third kappa shape index (κ3) is 8.56. The lowest BCUT2D eigenvalue weighted by atomic mass is 10.3. The van der Waals surface area contributed by atoms with Gasteiger partial charge in [0.2, 0.25) is 0 Å². The molecule has 0 radical (unpaired) electrons. The molecule has 2 nitrogen and oxygen atoms in total. The van der Waals surface area contributed by atoms with Crippen molar-refractivity contribution in [3.8, 4) is 0 Å². The van der Waals surface area contributed by atoms with E-state index in [0.717, 1.165) is 24.3 Å². The molecule has 0 aromatic heterocycles. The van der Waals surface area contributed by atoms with Crippen LogP contribution in [0, 0.1) is 0 Å². The lowest BCUT2D eigenvalue weighted by molar-refractivity contribution is 0.191. The first-order valence-electron chi connectivity index (χ1n) is 8.52. The molecule has 2 N–H and O–H groups in total. The van der Waals surface area contributed by atoms with Gasteiger partial charge in [-0.05, 0) is 75.2 Å². The molecule has 2 atom stereocenters. The van der Waals surface area contributed by atoms with Crippen LogP contribution >= 0.6 is 35.3 Å². The lowest BCUT2D eigenvalue weighted by Crippen LogP contribution is -2.00. The van der Waals surface area contributed by atoms with E-state index >= 15 is 0 Å². The first kappa shape index (κ1) is 20.7. The Hall–Kier alpha value is -0.590. The molecule has 0 spiro atoms. The molecule has 0 amide bonds. The fourth-order valence-corrected chi connectivity index (χ4v) is 4.90. The Morgan fingerprint density at radius 1 is 0.640 bits per heavy atom. The molecule has 136 valence electrons. The van der Waals surface area contributed by atoms with Gasteiger partial charge in [0, 0.05) is 31.1 Å². The van der Waals surface area contributed by atoms with Gasteiger partial charge in [-0.2, -0.15) is 0 Å². The molecule has 2 rings (SSSR count). The highest BCUT2D eigenvalue weighted by Crippen LogP contribution is 2.31. The summed E-state index contributed by atoms with van der Waals surface area (Å²) < 4.78 is 0. The second-order valence-corrected chi connectivity index (χ2v) is 9.50. The molecule has 0 saturated carbocycles. The minimum Gasteiger partial charge on any atom is -0.393 e. The van der Waals surface area contributed by atoms with Gasteiger partial charge in [-0.1, -0.05) is 11.8 Å². The molecule has 2 aromatic carbocycles. The highest BCUT2D eigenvalue weighted by atomic mass is 32.2. The van der Waals surface area contributed by atoms with Crippen molar-refractivity contribution < 1.29 is 10.2 Å². The van der Waals surface area contributed by atoms with Gasteiger partial charge in [-0.15, -0.1) is 23.5 Å². The van der Waals surface area contributed by atoms with Crippen molar-refractivity contribution in [2.75, 3.05) is 11.5 Å². The Bertz CT molecular complexity index is 554. The van der Waals surface area contributed by atoms with Gasteiger partial charge in [0.1, 0.15) is 0 Å². The Morgan fingerprint density at radius 2 is 0.960 bits per heavy atom. The van der Waals surface area contributed by atoms with Crippen LogP contribution in [-0.4, -0.2) is 33.9 Å². The first-order chi connectivity index (χ1) is 12.0. The van der Waals surface area contributed by atoms with Crippen molar-refractivity contribution in [3.05, 3.63) is 48.5 Å². The number of benzene rings is 2. The van der Waals surface area contributed by atoms with Crippen LogP contribution in [0.15, 0.2) is 68.1 Å². The standard InChI is InChI=1S/C20H26O2S3/c1-15(21)11-13-23-17-3-7-19(8-4-17)25-20-9-5-18(6-10-20)24-14-12-16(2)22/h3-10,15-16,21-22H,11-14H2,1-2H3. The summed E-state index contributed by atoms with van der Waals surface area (Å²) in [7, 11) is 0. The molecular formula is C20H26O2S3. The second kappa shape index (κ2) is 11.2. The fraction of sp³-hybridized carbons (Fsp3) is 0.400. The fourth-order valence-electron chi connectivity index (χ4n) is 2.04. The second-order valence-electron chi connectivity index (χ2n) is 6.02. The van der Waals surface area contributed by atoms with Gasteiger partial charge in [-0.3, -0.25) is 0 Å². The van der Waals surface area contributed by atoms with Crippen molar-refractivity contribution in [2.24, 2.45) is 0 Å². The van der Waals surface area contributed by atoms with E-state index in [4.69, 9.17) is 0 Å². The number of aliphatic hydroxyl groups excluding tert-OH is 2. The molecule has 2 unspecified atom stereocenters. The third-order valence-corrected chi connectivity index (χ3v) is 6.60. The number of aliphatic hydroxyl groups is 2. The van der Waals surface area contributed by atoms with E-state index in [9.17, 15) is 10.2 Å². The van der Waals surface area contributed by atoms with Gasteiger partial charge in [0.25, 0.3) is 0 Å². The number of hydrogen-bond donors (Lipinski definition) is 2. The Morgan fingerprint density at radius 3 is 1.28 bits per heavy atom. The predicted molar refractivity (Wildman–Crippen MR) is 111 cm³/mol. The largest absolute Gasteiger partial charge is 0.393 e. The zero-order valence-electron chi connectivity index (χ0n) is 14.7. The summed E-state index contributed by atoms with van der Waals surface area (Å²) in [6, 6.07) is 17.2. The van der Waals surface area contributed by atoms with Crippen LogP contribution in [0.4, 0.5) is 0 Å². The van der Waals surface area contributed by atoms with Crippen molar-refractivity contribution >= 4 is 35.3 Å². The molecule has 0 fully saturated rings. The summed E-state index contributed by atoms with van der Waals surface area (Å²) >= 11 is 5.33. The Balaban J connectivity index is 1.81. The Kier molecular flexibility index (Phi) is 9.28.